The van der Waals surface area contributed by atoms with Gasteiger partial charge in [-0.2, -0.15) is 4.57 Å². The summed E-state index contributed by atoms with van der Waals surface area (Å²) in [6.45, 7) is 6.44. The largest absolute Gasteiger partial charge is 2.00 e. The Balaban J connectivity index is 0. The number of hydrogen-bond donors (Lipinski definition) is 0. The van der Waals surface area contributed by atoms with E-state index in [4.69, 9.17) is 10.5 Å². The SMILES string of the molecule is C.C.CCC.C[C@H]1CCCC[C@@H]1[NH-].C[n+]1cccc2c1-c1ncccc1C1OC21.[CH3-].[Pt+2]. The van der Waals surface area contributed by atoms with Crippen LogP contribution in [-0.4, -0.2) is 11.0 Å². The van der Waals surface area contributed by atoms with Crippen LogP contribution in [0.25, 0.3) is 17.1 Å². The van der Waals surface area contributed by atoms with Crippen LogP contribution in [0.2, 0.25) is 0 Å². The van der Waals surface area contributed by atoms with E-state index >= 15 is 0 Å². The number of epoxide rings is 1. The van der Waals surface area contributed by atoms with Crippen molar-refractivity contribution in [3.63, 3.8) is 0 Å². The van der Waals surface area contributed by atoms with Crippen molar-refractivity contribution in [2.45, 2.75) is 86.0 Å². The topological polar surface area (TPSA) is 53.1 Å². The third-order valence-corrected chi connectivity index (χ3v) is 5.49. The van der Waals surface area contributed by atoms with Crippen LogP contribution < -0.4 is 4.57 Å². The van der Waals surface area contributed by atoms with Gasteiger partial charge in [-0.1, -0.05) is 79.7 Å². The third kappa shape index (κ3) is 7.48. The predicted octanol–water partition coefficient (Wildman–Crippen LogP) is 7.45. The van der Waals surface area contributed by atoms with Crippen LogP contribution >= 0.6 is 0 Å². The van der Waals surface area contributed by atoms with Crippen molar-refractivity contribution >= 4 is 0 Å². The summed E-state index contributed by atoms with van der Waals surface area (Å²) < 4.78 is 7.86. The Morgan fingerprint density at radius 2 is 1.65 bits per heavy atom. The maximum atomic E-state index is 7.48. The van der Waals surface area contributed by atoms with Crippen LogP contribution in [-0.2, 0) is 32.8 Å². The van der Waals surface area contributed by atoms with Gasteiger partial charge < -0.3 is 17.9 Å². The molecule has 1 N–H and O–H groups in total. The maximum Gasteiger partial charge on any atom is 2.00 e. The average molecular weight is 610 g/mol. The van der Waals surface area contributed by atoms with Crippen LogP contribution in [0, 0.1) is 13.3 Å². The molecule has 1 saturated carbocycles. The molecule has 0 aromatic carbocycles. The second-order valence-corrected chi connectivity index (χ2v) is 7.92. The fourth-order valence-electron chi connectivity index (χ4n) is 3.91. The molecular formula is C26H44N3OPt+. The molecular weight excluding hydrogens is 565 g/mol. The summed E-state index contributed by atoms with van der Waals surface area (Å²) >= 11 is 0. The third-order valence-electron chi connectivity index (χ3n) is 5.49. The van der Waals surface area contributed by atoms with Crippen molar-refractivity contribution in [1.82, 2.24) is 4.98 Å². The number of fused-ring (bicyclic) bond motifs is 6. The van der Waals surface area contributed by atoms with E-state index < -0.39 is 0 Å². The number of pyridine rings is 2. The van der Waals surface area contributed by atoms with E-state index in [-0.39, 0.29) is 61.6 Å². The van der Waals surface area contributed by atoms with E-state index in [1.165, 1.54) is 42.5 Å². The number of rotatable bonds is 0. The van der Waals surface area contributed by atoms with Gasteiger partial charge in [0, 0.05) is 17.8 Å². The standard InChI is InChI=1S/C13H11N2O.C7H14N.C3H8.2CH4.CH3.Pt/c1-15-7-3-5-9-11(15)10-8(4-2-6-14-10)12-13(9)16-12;1-6-4-2-3-5-7(6)8;1-3-2;;;;/h2-7,12-13H,1H3;6-8H,2-5H2,1H3;3H2,1-2H3;2*1H4;1H3;/q+1;-1;;;;-1;+2/t;6-,7-;;;;;/m.0...../s1. The zero-order chi connectivity index (χ0) is 19.4. The van der Waals surface area contributed by atoms with Crippen LogP contribution in [0.1, 0.15) is 91.1 Å². The molecule has 2 unspecified atom stereocenters. The van der Waals surface area contributed by atoms with Gasteiger partial charge in [0.15, 0.2) is 6.20 Å². The maximum absolute atomic E-state index is 7.48. The molecule has 0 bridgehead atoms. The van der Waals surface area contributed by atoms with E-state index in [0.29, 0.717) is 5.92 Å². The Labute approximate surface area is 206 Å². The fraction of sp³-hybridized carbons (Fsp3) is 0.577. The molecule has 0 radical (unpaired) electrons. The first-order valence-electron chi connectivity index (χ1n) is 10.4. The summed E-state index contributed by atoms with van der Waals surface area (Å²) in [5, 5.41) is 0. The van der Waals surface area contributed by atoms with Gasteiger partial charge in [0.1, 0.15) is 24.9 Å². The Bertz CT molecular complexity index is 758. The number of nitrogens with one attached hydrogen (secondary N) is 1. The summed E-state index contributed by atoms with van der Waals surface area (Å²) in [6.07, 6.45) is 10.7. The number of nitrogens with zero attached hydrogens (tertiary/aromatic N) is 2. The molecule has 2 aromatic rings. The second-order valence-electron chi connectivity index (χ2n) is 7.92. The number of ether oxygens (including phenoxy) is 1. The summed E-state index contributed by atoms with van der Waals surface area (Å²) in [7, 11) is 2.06. The van der Waals surface area contributed by atoms with E-state index in [9.17, 15) is 0 Å². The van der Waals surface area contributed by atoms with Crippen LogP contribution in [0.15, 0.2) is 36.7 Å². The summed E-state index contributed by atoms with van der Waals surface area (Å²) in [5.41, 5.74) is 12.2. The molecule has 178 valence electrons. The number of hydrogen-bond acceptors (Lipinski definition) is 2. The summed E-state index contributed by atoms with van der Waals surface area (Å²) in [5.74, 6) is 0.670. The molecule has 0 spiro atoms. The minimum absolute atomic E-state index is 0. The molecule has 2 aliphatic carbocycles. The predicted molar refractivity (Wildman–Crippen MR) is 129 cm³/mol. The van der Waals surface area contributed by atoms with Gasteiger partial charge in [-0.25, -0.2) is 4.98 Å². The molecule has 4 atom stereocenters. The quantitative estimate of drug-likeness (QED) is 0.177. The zero-order valence-corrected chi connectivity index (χ0v) is 20.7. The van der Waals surface area contributed by atoms with E-state index in [0.717, 1.165) is 12.1 Å². The van der Waals surface area contributed by atoms with Crippen LogP contribution in [0.3, 0.4) is 0 Å². The molecule has 2 aromatic heterocycles. The number of aromatic nitrogens is 2. The minimum atomic E-state index is 0. The molecule has 1 aliphatic heterocycles. The Hall–Kier alpha value is -1.09. The number of aryl methyl sites for hydroxylation is 1. The average Bonchev–Trinajstić information content (AvgIpc) is 3.47. The van der Waals surface area contributed by atoms with Crippen molar-refractivity contribution < 1.29 is 30.4 Å². The van der Waals surface area contributed by atoms with Crippen LogP contribution in [0.5, 0.6) is 0 Å². The van der Waals surface area contributed by atoms with E-state index in [2.05, 4.69) is 61.8 Å². The van der Waals surface area contributed by atoms with Gasteiger partial charge in [-0.05, 0) is 12.1 Å². The first-order chi connectivity index (χ1) is 13.1. The normalized spacial score (nSPS) is 23.4. The van der Waals surface area contributed by atoms with Crippen molar-refractivity contribution in [3.8, 4) is 11.4 Å². The monoisotopic (exact) mass is 609 g/mol. The van der Waals surface area contributed by atoms with Gasteiger partial charge in [-0.3, -0.25) is 0 Å². The van der Waals surface area contributed by atoms with Gasteiger partial charge in [-0.15, -0.1) is 6.04 Å². The van der Waals surface area contributed by atoms with Crippen molar-refractivity contribution in [3.05, 3.63) is 60.9 Å². The van der Waals surface area contributed by atoms with Crippen molar-refractivity contribution in [2.24, 2.45) is 13.0 Å². The fourth-order valence-corrected chi connectivity index (χ4v) is 3.91. The van der Waals surface area contributed by atoms with Gasteiger partial charge in [0.2, 0.25) is 5.69 Å². The van der Waals surface area contributed by atoms with Gasteiger partial charge in [0.05, 0.1) is 5.56 Å². The molecule has 4 nitrogen and oxygen atoms in total. The first-order valence-corrected chi connectivity index (χ1v) is 10.4. The Morgan fingerprint density at radius 3 is 2.23 bits per heavy atom. The van der Waals surface area contributed by atoms with Gasteiger partial charge in [0.25, 0.3) is 0 Å². The molecule has 1 saturated heterocycles. The molecule has 5 rings (SSSR count). The van der Waals surface area contributed by atoms with Crippen molar-refractivity contribution in [2.75, 3.05) is 0 Å². The van der Waals surface area contributed by atoms with Crippen LogP contribution in [0.4, 0.5) is 0 Å². The Morgan fingerprint density at radius 1 is 1.06 bits per heavy atom. The van der Waals surface area contributed by atoms with Gasteiger partial charge >= 0.3 is 21.1 Å². The molecule has 3 aliphatic rings. The van der Waals surface area contributed by atoms with E-state index in [1.807, 2.05) is 12.3 Å². The molecule has 5 heteroatoms. The van der Waals surface area contributed by atoms with E-state index in [1.54, 1.807) is 0 Å². The molecule has 2 fully saturated rings. The minimum Gasteiger partial charge on any atom is -0.674 e. The molecule has 31 heavy (non-hydrogen) atoms. The summed E-state index contributed by atoms with van der Waals surface area (Å²) in [6, 6.07) is 8.54. The smallest absolute Gasteiger partial charge is 0.674 e. The molecule has 0 amide bonds. The second kappa shape index (κ2) is 14.9. The zero-order valence-electron chi connectivity index (χ0n) is 18.4. The van der Waals surface area contributed by atoms with Crippen molar-refractivity contribution in [1.29, 1.82) is 0 Å². The Kier molecular flexibility index (Phi) is 15.4. The first kappa shape index (κ1) is 32.1. The summed E-state index contributed by atoms with van der Waals surface area (Å²) in [4.78, 5) is 4.50. The molecule has 3 heterocycles.